The summed E-state index contributed by atoms with van der Waals surface area (Å²) in [6, 6.07) is 6.50. The third-order valence-corrected chi connectivity index (χ3v) is 3.49. The number of fused-ring (bicyclic) bond motifs is 1. The highest BCUT2D eigenvalue weighted by molar-refractivity contribution is 5.98. The van der Waals surface area contributed by atoms with Crippen molar-refractivity contribution in [3.63, 3.8) is 0 Å². The molecule has 0 bridgehead atoms. The number of amides is 1. The molecule has 1 aromatic carbocycles. The fourth-order valence-electron chi connectivity index (χ4n) is 2.48. The van der Waals surface area contributed by atoms with Crippen molar-refractivity contribution in [3.8, 4) is 0 Å². The third kappa shape index (κ3) is 2.46. The number of halogens is 1. The summed E-state index contributed by atoms with van der Waals surface area (Å²) in [5.41, 5.74) is 1.05. The summed E-state index contributed by atoms with van der Waals surface area (Å²) in [5, 5.41) is 6.66. The van der Waals surface area contributed by atoms with E-state index in [1.807, 2.05) is 0 Å². The number of piperidine rings is 1. The minimum Gasteiger partial charge on any atom is -0.350 e. The predicted octanol–water partition coefficient (Wildman–Crippen LogP) is 1.79. The molecule has 1 aromatic heterocycles. The van der Waals surface area contributed by atoms with Crippen LogP contribution in [0.25, 0.3) is 10.9 Å². The van der Waals surface area contributed by atoms with Crippen molar-refractivity contribution in [2.75, 3.05) is 13.1 Å². The molecular formula is C14H16FN3O. The van der Waals surface area contributed by atoms with E-state index in [2.05, 4.69) is 15.6 Å². The summed E-state index contributed by atoms with van der Waals surface area (Å²) in [7, 11) is 0. The number of hydrogen-bond donors (Lipinski definition) is 3. The number of carbonyl (C=O) groups is 1. The molecule has 1 aliphatic heterocycles. The highest BCUT2D eigenvalue weighted by Crippen LogP contribution is 2.18. The first-order chi connectivity index (χ1) is 9.24. The number of benzene rings is 1. The summed E-state index contributed by atoms with van der Waals surface area (Å²) in [6.45, 7) is 1.80. The molecule has 3 N–H and O–H groups in total. The second-order valence-electron chi connectivity index (χ2n) is 4.90. The van der Waals surface area contributed by atoms with E-state index in [0.717, 1.165) is 25.9 Å². The van der Waals surface area contributed by atoms with E-state index in [1.54, 1.807) is 18.2 Å². The Morgan fingerprint density at radius 1 is 1.42 bits per heavy atom. The Bertz CT molecular complexity index is 602. The maximum atomic E-state index is 13.6. The Hall–Kier alpha value is -1.88. The van der Waals surface area contributed by atoms with Crippen LogP contribution >= 0.6 is 0 Å². The Morgan fingerprint density at radius 3 is 3.05 bits per heavy atom. The molecule has 100 valence electrons. The molecule has 1 fully saturated rings. The maximum absolute atomic E-state index is 13.6. The molecule has 1 saturated heterocycles. The fourth-order valence-corrected chi connectivity index (χ4v) is 2.48. The summed E-state index contributed by atoms with van der Waals surface area (Å²) in [6.07, 6.45) is 2.04. The minimum atomic E-state index is -0.313. The first-order valence-corrected chi connectivity index (χ1v) is 6.53. The van der Waals surface area contributed by atoms with E-state index in [4.69, 9.17) is 0 Å². The molecule has 1 aliphatic rings. The normalized spacial score (nSPS) is 19.5. The van der Waals surface area contributed by atoms with Crippen LogP contribution in [0, 0.1) is 5.82 Å². The zero-order valence-electron chi connectivity index (χ0n) is 10.5. The lowest BCUT2D eigenvalue weighted by molar-refractivity contribution is 0.0926. The van der Waals surface area contributed by atoms with Gasteiger partial charge in [-0.2, -0.15) is 0 Å². The van der Waals surface area contributed by atoms with Gasteiger partial charge in [0.15, 0.2) is 0 Å². The third-order valence-electron chi connectivity index (χ3n) is 3.49. The van der Waals surface area contributed by atoms with Gasteiger partial charge in [0.05, 0.1) is 0 Å². The lowest BCUT2D eigenvalue weighted by Gasteiger charge is -2.23. The van der Waals surface area contributed by atoms with Crippen LogP contribution in [0.2, 0.25) is 0 Å². The first kappa shape index (κ1) is 12.2. The van der Waals surface area contributed by atoms with E-state index in [-0.39, 0.29) is 17.8 Å². The monoisotopic (exact) mass is 261 g/mol. The number of rotatable bonds is 2. The summed E-state index contributed by atoms with van der Waals surface area (Å²) in [4.78, 5) is 15.1. The van der Waals surface area contributed by atoms with E-state index < -0.39 is 0 Å². The van der Waals surface area contributed by atoms with Crippen LogP contribution in [0.3, 0.4) is 0 Å². The quantitative estimate of drug-likeness (QED) is 0.772. The van der Waals surface area contributed by atoms with Gasteiger partial charge in [-0.1, -0.05) is 6.07 Å². The molecule has 5 heteroatoms. The van der Waals surface area contributed by atoms with E-state index in [0.29, 0.717) is 16.6 Å². The van der Waals surface area contributed by atoms with Crippen molar-refractivity contribution in [2.24, 2.45) is 0 Å². The van der Waals surface area contributed by atoms with Gasteiger partial charge < -0.3 is 15.6 Å². The number of nitrogens with one attached hydrogen (secondary N) is 3. The largest absolute Gasteiger partial charge is 0.350 e. The SMILES string of the molecule is O=C(N[C@@H]1CCCNC1)c1cc2c(F)cccc2[nH]1. The summed E-state index contributed by atoms with van der Waals surface area (Å²) >= 11 is 0. The Morgan fingerprint density at radius 2 is 2.32 bits per heavy atom. The second kappa shape index (κ2) is 5.01. The highest BCUT2D eigenvalue weighted by atomic mass is 19.1. The molecule has 3 rings (SSSR count). The summed E-state index contributed by atoms with van der Waals surface area (Å²) in [5.74, 6) is -0.489. The molecular weight excluding hydrogens is 245 g/mol. The standard InChI is InChI=1S/C14H16FN3O/c15-11-4-1-5-12-10(11)7-13(18-12)14(19)17-9-3-2-6-16-8-9/h1,4-5,7,9,16,18H,2-3,6,8H2,(H,17,19)/t9-/m1/s1. The average molecular weight is 261 g/mol. The van der Waals surface area contributed by atoms with Gasteiger partial charge in [-0.15, -0.1) is 0 Å². The van der Waals surface area contributed by atoms with Crippen molar-refractivity contribution in [1.82, 2.24) is 15.6 Å². The smallest absolute Gasteiger partial charge is 0.267 e. The molecule has 0 spiro atoms. The van der Waals surface area contributed by atoms with Crippen LogP contribution in [0.4, 0.5) is 4.39 Å². The van der Waals surface area contributed by atoms with Crippen LogP contribution in [0.1, 0.15) is 23.3 Å². The van der Waals surface area contributed by atoms with Gasteiger partial charge in [-0.25, -0.2) is 4.39 Å². The van der Waals surface area contributed by atoms with Gasteiger partial charge >= 0.3 is 0 Å². The van der Waals surface area contributed by atoms with Crippen LogP contribution in [0.5, 0.6) is 0 Å². The molecule has 2 heterocycles. The lowest BCUT2D eigenvalue weighted by Crippen LogP contribution is -2.45. The second-order valence-corrected chi connectivity index (χ2v) is 4.90. The van der Waals surface area contributed by atoms with E-state index >= 15 is 0 Å². The molecule has 0 radical (unpaired) electrons. The van der Waals surface area contributed by atoms with E-state index in [9.17, 15) is 9.18 Å². The number of H-pyrrole nitrogens is 1. The van der Waals surface area contributed by atoms with Crippen LogP contribution in [0.15, 0.2) is 24.3 Å². The molecule has 2 aromatic rings. The van der Waals surface area contributed by atoms with Crippen molar-refractivity contribution in [1.29, 1.82) is 0 Å². The molecule has 0 unspecified atom stereocenters. The first-order valence-electron chi connectivity index (χ1n) is 6.53. The average Bonchev–Trinajstić information content (AvgIpc) is 2.85. The van der Waals surface area contributed by atoms with Crippen molar-refractivity contribution < 1.29 is 9.18 Å². The number of aromatic amines is 1. The van der Waals surface area contributed by atoms with Gasteiger partial charge in [-0.05, 0) is 37.6 Å². The zero-order valence-corrected chi connectivity index (χ0v) is 10.5. The van der Waals surface area contributed by atoms with Crippen LogP contribution in [-0.4, -0.2) is 30.0 Å². The van der Waals surface area contributed by atoms with E-state index in [1.165, 1.54) is 6.07 Å². The molecule has 0 saturated carbocycles. The highest BCUT2D eigenvalue weighted by Gasteiger charge is 2.18. The molecule has 4 nitrogen and oxygen atoms in total. The van der Waals surface area contributed by atoms with Crippen molar-refractivity contribution in [3.05, 3.63) is 35.8 Å². The molecule has 19 heavy (non-hydrogen) atoms. The Balaban J connectivity index is 1.79. The van der Waals surface area contributed by atoms with Crippen molar-refractivity contribution >= 4 is 16.8 Å². The number of hydrogen-bond acceptors (Lipinski definition) is 2. The van der Waals surface area contributed by atoms with Gasteiger partial charge in [0, 0.05) is 23.5 Å². The predicted molar refractivity (Wildman–Crippen MR) is 71.6 cm³/mol. The Labute approximate surface area is 110 Å². The number of aromatic nitrogens is 1. The van der Waals surface area contributed by atoms with Gasteiger partial charge in [0.25, 0.3) is 5.91 Å². The number of carbonyl (C=O) groups excluding carboxylic acids is 1. The molecule has 0 aliphatic carbocycles. The van der Waals surface area contributed by atoms with Crippen LogP contribution < -0.4 is 10.6 Å². The van der Waals surface area contributed by atoms with Gasteiger partial charge in [0.2, 0.25) is 0 Å². The fraction of sp³-hybridized carbons (Fsp3) is 0.357. The summed E-state index contributed by atoms with van der Waals surface area (Å²) < 4.78 is 13.6. The topological polar surface area (TPSA) is 56.9 Å². The molecule has 1 atom stereocenters. The minimum absolute atomic E-state index is 0.150. The maximum Gasteiger partial charge on any atom is 0.267 e. The lowest BCUT2D eigenvalue weighted by atomic mass is 10.1. The molecule has 1 amide bonds. The van der Waals surface area contributed by atoms with Gasteiger partial charge in [0.1, 0.15) is 11.5 Å². The van der Waals surface area contributed by atoms with Crippen LogP contribution in [-0.2, 0) is 0 Å². The van der Waals surface area contributed by atoms with Gasteiger partial charge in [-0.3, -0.25) is 4.79 Å². The van der Waals surface area contributed by atoms with Crippen molar-refractivity contribution in [2.45, 2.75) is 18.9 Å². The zero-order chi connectivity index (χ0) is 13.2. The Kier molecular flexibility index (Phi) is 3.21.